The van der Waals surface area contributed by atoms with Gasteiger partial charge in [0.05, 0.1) is 11.2 Å². The summed E-state index contributed by atoms with van der Waals surface area (Å²) in [7, 11) is 0. The number of aromatic nitrogens is 2. The molecular weight excluding hydrogens is 174 g/mol. The summed E-state index contributed by atoms with van der Waals surface area (Å²) in [5.41, 5.74) is 8.08. The summed E-state index contributed by atoms with van der Waals surface area (Å²) >= 11 is 0. The van der Waals surface area contributed by atoms with E-state index < -0.39 is 0 Å². The Bertz CT molecular complexity index is 329. The molecule has 2 rings (SSSR count). The van der Waals surface area contributed by atoms with E-state index in [0.717, 1.165) is 11.6 Å². The molecule has 0 amide bonds. The Hall–Kier alpha value is -0.830. The summed E-state index contributed by atoms with van der Waals surface area (Å²) in [5, 5.41) is 4.55. The van der Waals surface area contributed by atoms with E-state index in [0.29, 0.717) is 6.54 Å². The zero-order valence-electron chi connectivity index (χ0n) is 9.25. The Balaban J connectivity index is 2.40. The van der Waals surface area contributed by atoms with Crippen molar-refractivity contribution in [1.82, 2.24) is 9.78 Å². The zero-order chi connectivity index (χ0) is 10.3. The second-order valence-electron chi connectivity index (χ2n) is 5.12. The minimum Gasteiger partial charge on any atom is -0.325 e. The van der Waals surface area contributed by atoms with Gasteiger partial charge in [-0.25, -0.2) is 0 Å². The molecule has 0 aromatic carbocycles. The number of nitrogens with zero attached hydrogens (tertiary/aromatic N) is 2. The van der Waals surface area contributed by atoms with Crippen molar-refractivity contribution in [3.8, 4) is 0 Å². The first-order valence-corrected chi connectivity index (χ1v) is 5.32. The van der Waals surface area contributed by atoms with Gasteiger partial charge in [0.2, 0.25) is 0 Å². The lowest BCUT2D eigenvalue weighted by Crippen LogP contribution is -2.25. The van der Waals surface area contributed by atoms with Crippen LogP contribution in [0.2, 0.25) is 0 Å². The Labute approximate surface area is 85.3 Å². The van der Waals surface area contributed by atoms with Crippen molar-refractivity contribution in [1.29, 1.82) is 0 Å². The monoisotopic (exact) mass is 193 g/mol. The molecule has 0 saturated heterocycles. The lowest BCUT2D eigenvalue weighted by Gasteiger charge is -2.22. The van der Waals surface area contributed by atoms with E-state index in [9.17, 15) is 0 Å². The van der Waals surface area contributed by atoms with Gasteiger partial charge in [-0.3, -0.25) is 4.68 Å². The molecule has 1 aromatic heterocycles. The molecule has 0 unspecified atom stereocenters. The number of rotatable bonds is 2. The smallest absolute Gasteiger partial charge is 0.0763 e. The SMILES string of the molecule is CC(C)(C)n1nc(CN)cc1C1CC1. The molecule has 78 valence electrons. The van der Waals surface area contributed by atoms with E-state index in [1.807, 2.05) is 0 Å². The molecular formula is C11H19N3. The van der Waals surface area contributed by atoms with Crippen LogP contribution in [0.5, 0.6) is 0 Å². The van der Waals surface area contributed by atoms with Crippen LogP contribution in [0, 0.1) is 0 Å². The summed E-state index contributed by atoms with van der Waals surface area (Å²) in [4.78, 5) is 0. The molecule has 1 saturated carbocycles. The van der Waals surface area contributed by atoms with Crippen LogP contribution in [0.3, 0.4) is 0 Å². The molecule has 1 aromatic rings. The van der Waals surface area contributed by atoms with Gasteiger partial charge < -0.3 is 5.73 Å². The molecule has 0 bridgehead atoms. The van der Waals surface area contributed by atoms with Crippen LogP contribution in [0.1, 0.15) is 50.9 Å². The Morgan fingerprint density at radius 3 is 2.57 bits per heavy atom. The van der Waals surface area contributed by atoms with Gasteiger partial charge in [0, 0.05) is 18.2 Å². The third kappa shape index (κ3) is 1.69. The second kappa shape index (κ2) is 3.09. The average molecular weight is 193 g/mol. The number of hydrogen-bond donors (Lipinski definition) is 1. The van der Waals surface area contributed by atoms with E-state index in [1.54, 1.807) is 0 Å². The van der Waals surface area contributed by atoms with Crippen LogP contribution in [0.15, 0.2) is 6.07 Å². The molecule has 0 spiro atoms. The van der Waals surface area contributed by atoms with Crippen molar-refractivity contribution < 1.29 is 0 Å². The Morgan fingerprint density at radius 2 is 2.14 bits per heavy atom. The van der Waals surface area contributed by atoms with Gasteiger partial charge in [-0.05, 0) is 39.7 Å². The van der Waals surface area contributed by atoms with Crippen LogP contribution >= 0.6 is 0 Å². The van der Waals surface area contributed by atoms with Gasteiger partial charge in [0.1, 0.15) is 0 Å². The lowest BCUT2D eigenvalue weighted by atomic mass is 10.1. The maximum atomic E-state index is 5.62. The van der Waals surface area contributed by atoms with E-state index in [2.05, 4.69) is 36.6 Å². The summed E-state index contributed by atoms with van der Waals surface area (Å²) in [6.07, 6.45) is 2.62. The lowest BCUT2D eigenvalue weighted by molar-refractivity contribution is 0.341. The normalized spacial score (nSPS) is 17.4. The molecule has 3 nitrogen and oxygen atoms in total. The molecule has 0 radical (unpaired) electrons. The molecule has 3 heteroatoms. The standard InChI is InChI=1S/C11H19N3/c1-11(2,3)14-10(8-4-5-8)6-9(7-12)13-14/h6,8H,4-5,7,12H2,1-3H3. The third-order valence-electron chi connectivity index (χ3n) is 2.63. The van der Waals surface area contributed by atoms with Crippen molar-refractivity contribution in [2.45, 2.75) is 51.6 Å². The second-order valence-corrected chi connectivity index (χ2v) is 5.12. The van der Waals surface area contributed by atoms with Crippen LogP contribution in [0.4, 0.5) is 0 Å². The van der Waals surface area contributed by atoms with Gasteiger partial charge in [0.15, 0.2) is 0 Å². The molecule has 14 heavy (non-hydrogen) atoms. The van der Waals surface area contributed by atoms with Gasteiger partial charge in [-0.2, -0.15) is 5.10 Å². The quantitative estimate of drug-likeness (QED) is 0.780. The average Bonchev–Trinajstić information content (AvgIpc) is 2.83. The van der Waals surface area contributed by atoms with Crippen LogP contribution in [-0.4, -0.2) is 9.78 Å². The molecule has 0 atom stereocenters. The van der Waals surface area contributed by atoms with Gasteiger partial charge in [-0.15, -0.1) is 0 Å². The minimum atomic E-state index is 0.0747. The maximum Gasteiger partial charge on any atom is 0.0763 e. The van der Waals surface area contributed by atoms with Gasteiger partial charge in [0.25, 0.3) is 0 Å². The Kier molecular flexibility index (Phi) is 2.14. The highest BCUT2D eigenvalue weighted by atomic mass is 15.3. The highest BCUT2D eigenvalue weighted by Gasteiger charge is 2.31. The van der Waals surface area contributed by atoms with Crippen molar-refractivity contribution in [3.05, 3.63) is 17.5 Å². The van der Waals surface area contributed by atoms with E-state index in [1.165, 1.54) is 18.5 Å². The predicted molar refractivity (Wildman–Crippen MR) is 57.1 cm³/mol. The number of hydrogen-bond acceptors (Lipinski definition) is 2. The van der Waals surface area contributed by atoms with Crippen molar-refractivity contribution in [2.75, 3.05) is 0 Å². The summed E-state index contributed by atoms with van der Waals surface area (Å²) in [5.74, 6) is 0.738. The largest absolute Gasteiger partial charge is 0.325 e. The van der Waals surface area contributed by atoms with E-state index in [4.69, 9.17) is 5.73 Å². The fourth-order valence-corrected chi connectivity index (χ4v) is 1.75. The van der Waals surface area contributed by atoms with Crippen molar-refractivity contribution in [3.63, 3.8) is 0 Å². The first-order chi connectivity index (χ1) is 6.52. The first-order valence-electron chi connectivity index (χ1n) is 5.32. The van der Waals surface area contributed by atoms with Gasteiger partial charge in [-0.1, -0.05) is 0 Å². The fourth-order valence-electron chi connectivity index (χ4n) is 1.75. The van der Waals surface area contributed by atoms with E-state index >= 15 is 0 Å². The first kappa shape index (κ1) is 9.71. The Morgan fingerprint density at radius 1 is 1.50 bits per heavy atom. The summed E-state index contributed by atoms with van der Waals surface area (Å²) in [6.45, 7) is 7.10. The number of nitrogens with two attached hydrogens (primary N) is 1. The highest BCUT2D eigenvalue weighted by Crippen LogP contribution is 2.41. The van der Waals surface area contributed by atoms with Gasteiger partial charge >= 0.3 is 0 Å². The predicted octanol–water partition coefficient (Wildman–Crippen LogP) is 1.97. The zero-order valence-corrected chi connectivity index (χ0v) is 9.25. The summed E-state index contributed by atoms with van der Waals surface area (Å²) < 4.78 is 2.15. The third-order valence-corrected chi connectivity index (χ3v) is 2.63. The maximum absolute atomic E-state index is 5.62. The van der Waals surface area contributed by atoms with Crippen molar-refractivity contribution in [2.24, 2.45) is 5.73 Å². The van der Waals surface area contributed by atoms with Crippen molar-refractivity contribution >= 4 is 0 Å². The molecule has 1 aliphatic rings. The minimum absolute atomic E-state index is 0.0747. The van der Waals surface area contributed by atoms with E-state index in [-0.39, 0.29) is 5.54 Å². The topological polar surface area (TPSA) is 43.8 Å². The molecule has 1 heterocycles. The van der Waals surface area contributed by atoms with Crippen LogP contribution in [-0.2, 0) is 12.1 Å². The fraction of sp³-hybridized carbons (Fsp3) is 0.727. The molecule has 2 N–H and O–H groups in total. The molecule has 1 aliphatic carbocycles. The highest BCUT2D eigenvalue weighted by molar-refractivity contribution is 5.20. The van der Waals surface area contributed by atoms with Crippen LogP contribution in [0.25, 0.3) is 0 Å². The van der Waals surface area contributed by atoms with Crippen LogP contribution < -0.4 is 5.73 Å². The summed E-state index contributed by atoms with van der Waals surface area (Å²) in [6, 6.07) is 2.17. The molecule has 1 fully saturated rings. The molecule has 0 aliphatic heterocycles.